The lowest BCUT2D eigenvalue weighted by Gasteiger charge is -2.16. The van der Waals surface area contributed by atoms with E-state index in [-0.39, 0.29) is 17.9 Å². The van der Waals surface area contributed by atoms with Crippen LogP contribution in [0.25, 0.3) is 0 Å². The molecule has 0 saturated carbocycles. The van der Waals surface area contributed by atoms with E-state index >= 15 is 0 Å². The molecule has 0 radical (unpaired) electrons. The maximum atomic E-state index is 12.0. The quantitative estimate of drug-likeness (QED) is 0.646. The summed E-state index contributed by atoms with van der Waals surface area (Å²) in [6.45, 7) is 7.40. The fraction of sp³-hybridized carbons (Fsp3) is 0.286. The zero-order valence-corrected chi connectivity index (χ0v) is 11.5. The Morgan fingerprint density at radius 1 is 1.33 bits per heavy atom. The van der Waals surface area contributed by atoms with Gasteiger partial charge in [0.15, 0.2) is 5.11 Å². The number of benzene rings is 1. The normalized spacial score (nSPS) is 13.2. The van der Waals surface area contributed by atoms with Gasteiger partial charge in [-0.1, -0.05) is 36.4 Å². The summed E-state index contributed by atoms with van der Waals surface area (Å²) in [5.74, 6) is -0.347. The highest BCUT2D eigenvalue weighted by Crippen LogP contribution is 2.14. The summed E-state index contributed by atoms with van der Waals surface area (Å²) in [6, 6.07) is 9.63. The van der Waals surface area contributed by atoms with Gasteiger partial charge in [-0.3, -0.25) is 4.79 Å². The van der Waals surface area contributed by atoms with Gasteiger partial charge < -0.3 is 10.6 Å². The molecule has 0 bridgehead atoms. The molecule has 1 aromatic rings. The number of hydrogen-bond acceptors (Lipinski definition) is 2. The van der Waals surface area contributed by atoms with Gasteiger partial charge in [0, 0.05) is 6.04 Å². The second-order valence-corrected chi connectivity index (χ2v) is 4.53. The highest BCUT2D eigenvalue weighted by Gasteiger charge is 2.16. The number of rotatable bonds is 4. The molecular formula is C14H18N2OS. The molecule has 1 aromatic carbocycles. The Labute approximate surface area is 113 Å². The molecule has 0 aromatic heterocycles. The third kappa shape index (κ3) is 4.30. The Kier molecular flexibility index (Phi) is 5.52. The lowest BCUT2D eigenvalue weighted by atomic mass is 10.0. The number of carbonyl (C=O) groups excluding carboxylic acids is 1. The molecule has 0 saturated heterocycles. The maximum absolute atomic E-state index is 12.0. The summed E-state index contributed by atoms with van der Waals surface area (Å²) in [6.07, 6.45) is 1.72. The molecule has 1 rings (SSSR count). The lowest BCUT2D eigenvalue weighted by molar-refractivity contribution is -0.120. The van der Waals surface area contributed by atoms with Crippen molar-refractivity contribution in [2.24, 2.45) is 0 Å². The number of hydrogen-bond donors (Lipinski definition) is 2. The van der Waals surface area contributed by atoms with Crippen LogP contribution in [-0.4, -0.2) is 17.1 Å². The van der Waals surface area contributed by atoms with Crippen LogP contribution in [0.3, 0.4) is 0 Å². The molecule has 2 atom stereocenters. The first-order valence-electron chi connectivity index (χ1n) is 5.83. The topological polar surface area (TPSA) is 41.1 Å². The van der Waals surface area contributed by atoms with Crippen LogP contribution in [-0.2, 0) is 4.79 Å². The molecule has 0 heterocycles. The SMILES string of the molecule is C=CC(C)NC(=S)NC(=O)C(C)c1ccccc1. The Hall–Kier alpha value is -1.68. The second kappa shape index (κ2) is 6.91. The average molecular weight is 262 g/mol. The first-order chi connectivity index (χ1) is 8.54. The van der Waals surface area contributed by atoms with Gasteiger partial charge in [-0.15, -0.1) is 6.58 Å². The van der Waals surface area contributed by atoms with E-state index in [1.54, 1.807) is 6.08 Å². The Morgan fingerprint density at radius 3 is 2.50 bits per heavy atom. The fourth-order valence-corrected chi connectivity index (χ4v) is 1.70. The Bertz CT molecular complexity index is 431. The summed E-state index contributed by atoms with van der Waals surface area (Å²) < 4.78 is 0. The predicted octanol–water partition coefficient (Wildman–Crippen LogP) is 2.36. The van der Waals surface area contributed by atoms with Crippen LogP contribution in [0.2, 0.25) is 0 Å². The van der Waals surface area contributed by atoms with Gasteiger partial charge >= 0.3 is 0 Å². The van der Waals surface area contributed by atoms with Crippen molar-refractivity contribution >= 4 is 23.2 Å². The van der Waals surface area contributed by atoms with E-state index in [1.165, 1.54) is 0 Å². The monoisotopic (exact) mass is 262 g/mol. The van der Waals surface area contributed by atoms with Crippen LogP contribution in [0.1, 0.15) is 25.3 Å². The third-order valence-electron chi connectivity index (χ3n) is 2.64. The van der Waals surface area contributed by atoms with Crippen molar-refractivity contribution in [3.63, 3.8) is 0 Å². The lowest BCUT2D eigenvalue weighted by Crippen LogP contribution is -2.44. The predicted molar refractivity (Wildman–Crippen MR) is 78.4 cm³/mol. The summed E-state index contributed by atoms with van der Waals surface area (Å²) in [4.78, 5) is 12.0. The highest BCUT2D eigenvalue weighted by atomic mass is 32.1. The molecule has 1 amide bonds. The zero-order chi connectivity index (χ0) is 13.5. The van der Waals surface area contributed by atoms with Gasteiger partial charge in [-0.2, -0.15) is 0 Å². The number of nitrogens with one attached hydrogen (secondary N) is 2. The van der Waals surface area contributed by atoms with Crippen LogP contribution in [0, 0.1) is 0 Å². The van der Waals surface area contributed by atoms with Gasteiger partial charge in [0.05, 0.1) is 5.92 Å². The van der Waals surface area contributed by atoms with Crippen LogP contribution in [0.5, 0.6) is 0 Å². The van der Waals surface area contributed by atoms with Crippen LogP contribution in [0.15, 0.2) is 43.0 Å². The van der Waals surface area contributed by atoms with Crippen molar-refractivity contribution in [1.29, 1.82) is 0 Å². The van der Waals surface area contributed by atoms with Gasteiger partial charge in [0.25, 0.3) is 0 Å². The molecular weight excluding hydrogens is 244 g/mol. The standard InChI is InChI=1S/C14H18N2OS/c1-4-10(2)15-14(18)16-13(17)11(3)12-8-6-5-7-9-12/h4-11H,1H2,2-3H3,(H2,15,16,17,18). The Balaban J connectivity index is 2.55. The molecule has 2 N–H and O–H groups in total. The van der Waals surface area contributed by atoms with Crippen molar-refractivity contribution in [2.75, 3.05) is 0 Å². The van der Waals surface area contributed by atoms with E-state index in [0.717, 1.165) is 5.56 Å². The minimum atomic E-state index is -0.231. The maximum Gasteiger partial charge on any atom is 0.233 e. The number of amides is 1. The molecule has 4 heteroatoms. The highest BCUT2D eigenvalue weighted by molar-refractivity contribution is 7.80. The molecule has 0 aliphatic heterocycles. The number of thiocarbonyl (C=S) groups is 1. The van der Waals surface area contributed by atoms with Gasteiger partial charge in [-0.05, 0) is 31.6 Å². The van der Waals surface area contributed by atoms with Crippen LogP contribution < -0.4 is 10.6 Å². The van der Waals surface area contributed by atoms with Crippen molar-refractivity contribution in [3.05, 3.63) is 48.6 Å². The van der Waals surface area contributed by atoms with E-state index in [9.17, 15) is 4.79 Å². The smallest absolute Gasteiger partial charge is 0.233 e. The van der Waals surface area contributed by atoms with Crippen molar-refractivity contribution in [3.8, 4) is 0 Å². The third-order valence-corrected chi connectivity index (χ3v) is 2.86. The van der Waals surface area contributed by atoms with E-state index < -0.39 is 0 Å². The van der Waals surface area contributed by atoms with E-state index in [1.807, 2.05) is 44.2 Å². The van der Waals surface area contributed by atoms with E-state index in [0.29, 0.717) is 5.11 Å². The van der Waals surface area contributed by atoms with E-state index in [2.05, 4.69) is 17.2 Å². The molecule has 0 aliphatic rings. The molecule has 0 fully saturated rings. The first-order valence-corrected chi connectivity index (χ1v) is 6.24. The van der Waals surface area contributed by atoms with Crippen molar-refractivity contribution < 1.29 is 4.79 Å². The number of carbonyl (C=O) groups is 1. The molecule has 0 spiro atoms. The second-order valence-electron chi connectivity index (χ2n) is 4.12. The minimum Gasteiger partial charge on any atom is -0.356 e. The zero-order valence-electron chi connectivity index (χ0n) is 10.6. The fourth-order valence-electron chi connectivity index (χ4n) is 1.42. The minimum absolute atomic E-state index is 0.0323. The van der Waals surface area contributed by atoms with E-state index in [4.69, 9.17) is 12.2 Å². The Morgan fingerprint density at radius 2 is 1.94 bits per heavy atom. The summed E-state index contributed by atoms with van der Waals surface area (Å²) >= 11 is 5.05. The first kappa shape index (κ1) is 14.4. The molecule has 3 nitrogen and oxygen atoms in total. The molecule has 18 heavy (non-hydrogen) atoms. The van der Waals surface area contributed by atoms with Crippen molar-refractivity contribution in [2.45, 2.75) is 25.8 Å². The van der Waals surface area contributed by atoms with Gasteiger partial charge in [0.2, 0.25) is 5.91 Å². The van der Waals surface area contributed by atoms with Crippen LogP contribution in [0.4, 0.5) is 0 Å². The van der Waals surface area contributed by atoms with Crippen LogP contribution >= 0.6 is 12.2 Å². The van der Waals surface area contributed by atoms with Gasteiger partial charge in [-0.25, -0.2) is 0 Å². The largest absolute Gasteiger partial charge is 0.356 e. The summed E-state index contributed by atoms with van der Waals surface area (Å²) in [7, 11) is 0. The average Bonchev–Trinajstić information content (AvgIpc) is 2.38. The molecule has 96 valence electrons. The van der Waals surface area contributed by atoms with Gasteiger partial charge in [0.1, 0.15) is 0 Å². The molecule has 2 unspecified atom stereocenters. The van der Waals surface area contributed by atoms with Crippen molar-refractivity contribution in [1.82, 2.24) is 10.6 Å². The molecule has 0 aliphatic carbocycles. The summed E-state index contributed by atoms with van der Waals surface area (Å²) in [5, 5.41) is 5.95. The summed E-state index contributed by atoms with van der Waals surface area (Å²) in [5.41, 5.74) is 0.967.